The number of fused-ring (bicyclic) bond motifs is 1. The van der Waals surface area contributed by atoms with Gasteiger partial charge in [0.15, 0.2) is 0 Å². The van der Waals surface area contributed by atoms with E-state index in [9.17, 15) is 10.2 Å². The molecular formula is C17H32N2O2. The topological polar surface area (TPSA) is 46.9 Å². The van der Waals surface area contributed by atoms with Gasteiger partial charge in [-0.15, -0.1) is 0 Å². The van der Waals surface area contributed by atoms with Gasteiger partial charge >= 0.3 is 0 Å². The summed E-state index contributed by atoms with van der Waals surface area (Å²) in [5, 5.41) is 19.7. The van der Waals surface area contributed by atoms with Crippen LogP contribution in [0.2, 0.25) is 0 Å². The predicted molar refractivity (Wildman–Crippen MR) is 84.2 cm³/mol. The van der Waals surface area contributed by atoms with Crippen molar-refractivity contribution in [3.05, 3.63) is 0 Å². The van der Waals surface area contributed by atoms with Gasteiger partial charge in [0.1, 0.15) is 0 Å². The first-order chi connectivity index (χ1) is 10.1. The van der Waals surface area contributed by atoms with Crippen molar-refractivity contribution in [2.24, 2.45) is 11.8 Å². The number of nitrogens with zero attached hydrogens (tertiary/aromatic N) is 2. The van der Waals surface area contributed by atoms with Crippen molar-refractivity contribution in [3.8, 4) is 0 Å². The summed E-state index contributed by atoms with van der Waals surface area (Å²) in [5.41, 5.74) is 0. The molecule has 1 unspecified atom stereocenters. The molecule has 1 saturated carbocycles. The lowest BCUT2D eigenvalue weighted by Crippen LogP contribution is -2.41. The van der Waals surface area contributed by atoms with Crippen LogP contribution in [0.4, 0.5) is 0 Å². The van der Waals surface area contributed by atoms with Crippen LogP contribution in [0, 0.1) is 11.8 Å². The van der Waals surface area contributed by atoms with Crippen molar-refractivity contribution < 1.29 is 10.2 Å². The highest BCUT2D eigenvalue weighted by Gasteiger charge is 2.42. The Morgan fingerprint density at radius 1 is 0.905 bits per heavy atom. The van der Waals surface area contributed by atoms with Crippen LogP contribution in [0.3, 0.4) is 0 Å². The van der Waals surface area contributed by atoms with E-state index in [-0.39, 0.29) is 0 Å². The van der Waals surface area contributed by atoms with Gasteiger partial charge in [-0.3, -0.25) is 4.90 Å². The highest BCUT2D eigenvalue weighted by molar-refractivity contribution is 4.94. The monoisotopic (exact) mass is 296 g/mol. The van der Waals surface area contributed by atoms with Crippen molar-refractivity contribution in [1.29, 1.82) is 0 Å². The van der Waals surface area contributed by atoms with E-state index in [0.29, 0.717) is 17.9 Å². The van der Waals surface area contributed by atoms with Gasteiger partial charge in [0.05, 0.1) is 12.2 Å². The van der Waals surface area contributed by atoms with Gasteiger partial charge in [0, 0.05) is 25.7 Å². The van der Waals surface area contributed by atoms with E-state index < -0.39 is 12.2 Å². The summed E-state index contributed by atoms with van der Waals surface area (Å²) in [7, 11) is 0. The first kappa shape index (κ1) is 15.7. The number of hydrogen-bond acceptors (Lipinski definition) is 4. The fraction of sp³-hybridized carbons (Fsp3) is 1.00. The van der Waals surface area contributed by atoms with Gasteiger partial charge < -0.3 is 15.1 Å². The Labute approximate surface area is 129 Å². The minimum absolute atomic E-state index is 0.493. The smallest absolute Gasteiger partial charge is 0.0802 e. The van der Waals surface area contributed by atoms with Crippen LogP contribution < -0.4 is 0 Å². The van der Waals surface area contributed by atoms with Crippen LogP contribution in [-0.4, -0.2) is 71.0 Å². The van der Waals surface area contributed by atoms with Crippen molar-refractivity contribution in [1.82, 2.24) is 9.80 Å². The number of likely N-dealkylation sites (tertiary alicyclic amines) is 2. The van der Waals surface area contributed by atoms with E-state index in [4.69, 9.17) is 0 Å². The Morgan fingerprint density at radius 3 is 1.95 bits per heavy atom. The lowest BCUT2D eigenvalue weighted by molar-refractivity contribution is -0.0372. The zero-order valence-electron chi connectivity index (χ0n) is 13.5. The summed E-state index contributed by atoms with van der Waals surface area (Å²) in [4.78, 5) is 5.24. The van der Waals surface area contributed by atoms with E-state index >= 15 is 0 Å². The number of rotatable bonds is 3. The Hall–Kier alpha value is -0.160. The van der Waals surface area contributed by atoms with Crippen molar-refractivity contribution in [2.75, 3.05) is 32.7 Å². The molecule has 3 rings (SSSR count). The molecule has 1 aliphatic carbocycles. The molecule has 4 heteroatoms. The Balaban J connectivity index is 1.50. The SMILES string of the molecule is CC(CN1CCCCCC1)N1C[C@H]2C[C@H](O)[C@H](O)C[C@H]2C1. The zero-order valence-corrected chi connectivity index (χ0v) is 13.5. The van der Waals surface area contributed by atoms with E-state index in [0.717, 1.165) is 25.9 Å². The standard InChI is InChI=1S/C17H32N2O2/c1-13(10-18-6-4-2-3-5-7-18)19-11-14-8-16(20)17(21)9-15(14)12-19/h13-17,20-21H,2-12H2,1H3/t13?,14-,15+,16+,17-. The lowest BCUT2D eigenvalue weighted by atomic mass is 9.79. The summed E-state index contributed by atoms with van der Waals surface area (Å²) < 4.78 is 0. The predicted octanol–water partition coefficient (Wildman–Crippen LogP) is 1.31. The molecule has 2 N–H and O–H groups in total. The third kappa shape index (κ3) is 3.79. The molecule has 0 aromatic rings. The molecule has 2 heterocycles. The van der Waals surface area contributed by atoms with Crippen LogP contribution in [0.15, 0.2) is 0 Å². The average Bonchev–Trinajstić information content (AvgIpc) is 2.68. The fourth-order valence-electron chi connectivity index (χ4n) is 4.61. The zero-order chi connectivity index (χ0) is 14.8. The molecule has 3 aliphatic rings. The number of hydrogen-bond donors (Lipinski definition) is 2. The number of aliphatic hydroxyl groups excluding tert-OH is 2. The molecule has 21 heavy (non-hydrogen) atoms. The second-order valence-electron chi connectivity index (χ2n) is 7.64. The molecule has 0 amide bonds. The Bertz CT molecular complexity index is 313. The molecule has 5 atom stereocenters. The second kappa shape index (κ2) is 6.95. The van der Waals surface area contributed by atoms with Crippen LogP contribution in [0.25, 0.3) is 0 Å². The minimum atomic E-state index is -0.493. The maximum Gasteiger partial charge on any atom is 0.0802 e. The van der Waals surface area contributed by atoms with Gasteiger partial charge in [-0.2, -0.15) is 0 Å². The van der Waals surface area contributed by atoms with Crippen LogP contribution in [0.1, 0.15) is 45.4 Å². The van der Waals surface area contributed by atoms with Gasteiger partial charge in [-0.1, -0.05) is 12.8 Å². The quantitative estimate of drug-likeness (QED) is 0.824. The fourth-order valence-corrected chi connectivity index (χ4v) is 4.61. The molecule has 0 aromatic heterocycles. The number of aliphatic hydroxyl groups is 2. The maximum absolute atomic E-state index is 9.87. The highest BCUT2D eigenvalue weighted by atomic mass is 16.3. The van der Waals surface area contributed by atoms with Gasteiger partial charge in [0.2, 0.25) is 0 Å². The van der Waals surface area contributed by atoms with E-state index in [1.165, 1.54) is 45.3 Å². The molecule has 3 fully saturated rings. The Kier molecular flexibility index (Phi) is 5.20. The normalized spacial score (nSPS) is 40.7. The third-order valence-electron chi connectivity index (χ3n) is 5.98. The summed E-state index contributed by atoms with van der Waals surface area (Å²) in [6, 6.07) is 0.600. The van der Waals surface area contributed by atoms with Gasteiger partial charge in [-0.05, 0) is 57.5 Å². The largest absolute Gasteiger partial charge is 0.390 e. The first-order valence-corrected chi connectivity index (χ1v) is 8.96. The highest BCUT2D eigenvalue weighted by Crippen LogP contribution is 2.37. The van der Waals surface area contributed by atoms with E-state index in [1.807, 2.05) is 0 Å². The Morgan fingerprint density at radius 2 is 1.43 bits per heavy atom. The molecular weight excluding hydrogens is 264 g/mol. The van der Waals surface area contributed by atoms with Crippen LogP contribution in [-0.2, 0) is 0 Å². The first-order valence-electron chi connectivity index (χ1n) is 8.96. The maximum atomic E-state index is 9.87. The van der Waals surface area contributed by atoms with Crippen LogP contribution in [0.5, 0.6) is 0 Å². The summed E-state index contributed by atoms with van der Waals surface area (Å²) >= 11 is 0. The summed E-state index contributed by atoms with van der Waals surface area (Å²) in [6.07, 6.45) is 6.10. The average molecular weight is 296 g/mol. The minimum Gasteiger partial charge on any atom is -0.390 e. The van der Waals surface area contributed by atoms with Crippen LogP contribution >= 0.6 is 0 Å². The lowest BCUT2D eigenvalue weighted by Gasteiger charge is -2.32. The summed E-state index contributed by atoms with van der Waals surface area (Å²) in [6.45, 7) is 8.30. The van der Waals surface area contributed by atoms with E-state index in [2.05, 4.69) is 16.7 Å². The van der Waals surface area contributed by atoms with Crippen molar-refractivity contribution in [2.45, 2.75) is 63.7 Å². The van der Waals surface area contributed by atoms with E-state index in [1.54, 1.807) is 0 Å². The molecule has 0 spiro atoms. The molecule has 2 saturated heterocycles. The molecule has 0 bridgehead atoms. The third-order valence-corrected chi connectivity index (χ3v) is 5.98. The second-order valence-corrected chi connectivity index (χ2v) is 7.64. The molecule has 2 aliphatic heterocycles. The van der Waals surface area contributed by atoms with Crippen molar-refractivity contribution in [3.63, 3.8) is 0 Å². The molecule has 4 nitrogen and oxygen atoms in total. The van der Waals surface area contributed by atoms with Gasteiger partial charge in [-0.25, -0.2) is 0 Å². The van der Waals surface area contributed by atoms with Crippen molar-refractivity contribution >= 4 is 0 Å². The molecule has 0 radical (unpaired) electrons. The molecule has 122 valence electrons. The molecule has 0 aromatic carbocycles. The van der Waals surface area contributed by atoms with Gasteiger partial charge in [0.25, 0.3) is 0 Å². The summed E-state index contributed by atoms with van der Waals surface area (Å²) in [5.74, 6) is 1.19.